The van der Waals surface area contributed by atoms with Crippen LogP contribution in [0.2, 0.25) is 0 Å². The van der Waals surface area contributed by atoms with Crippen molar-refractivity contribution in [2.45, 2.75) is 17.8 Å². The molecule has 1 N–H and O–H groups in total. The van der Waals surface area contributed by atoms with E-state index in [0.717, 1.165) is 5.56 Å². The summed E-state index contributed by atoms with van der Waals surface area (Å²) in [6.07, 6.45) is 0. The SMILES string of the molecule is N=C1S[C@H]2CS(=O)(=O)C[C@H]2N1Cc1ccc(F)cc1. The second-order valence-electron chi connectivity index (χ2n) is 4.86. The Kier molecular flexibility index (Phi) is 3.05. The van der Waals surface area contributed by atoms with Gasteiger partial charge < -0.3 is 4.90 Å². The van der Waals surface area contributed by atoms with Gasteiger partial charge in [0.15, 0.2) is 15.0 Å². The first-order chi connectivity index (χ1) is 8.94. The standard InChI is InChI=1S/C12H13FN2O2S2/c13-9-3-1-8(2-4-9)5-15-10-6-19(16,17)7-11(10)18-12(15)14/h1-4,10-11,14H,5-7H2/t10-,11+/m1/s1. The molecule has 0 radical (unpaired) electrons. The summed E-state index contributed by atoms with van der Waals surface area (Å²) in [7, 11) is -2.98. The van der Waals surface area contributed by atoms with Crippen LogP contribution in [0.1, 0.15) is 5.56 Å². The molecule has 3 rings (SSSR count). The Hall–Kier alpha value is -1.08. The summed E-state index contributed by atoms with van der Waals surface area (Å²) in [4.78, 5) is 1.81. The van der Waals surface area contributed by atoms with Crippen LogP contribution in [0.5, 0.6) is 0 Å². The van der Waals surface area contributed by atoms with Crippen LogP contribution in [0.15, 0.2) is 24.3 Å². The van der Waals surface area contributed by atoms with Crippen LogP contribution < -0.4 is 0 Å². The van der Waals surface area contributed by atoms with Crippen LogP contribution in [0.3, 0.4) is 0 Å². The van der Waals surface area contributed by atoms with E-state index >= 15 is 0 Å². The largest absolute Gasteiger partial charge is 0.342 e. The molecule has 2 aliphatic heterocycles. The van der Waals surface area contributed by atoms with Gasteiger partial charge in [0.05, 0.1) is 17.5 Å². The summed E-state index contributed by atoms with van der Waals surface area (Å²) in [5, 5.41) is 8.33. The summed E-state index contributed by atoms with van der Waals surface area (Å²) in [5.41, 5.74) is 0.886. The first kappa shape index (κ1) is 12.9. The molecule has 1 aromatic carbocycles. The molecule has 0 aromatic heterocycles. The molecular formula is C12H13FN2O2S2. The number of benzene rings is 1. The predicted octanol–water partition coefficient (Wildman–Crippen LogP) is 1.47. The molecule has 7 heteroatoms. The minimum atomic E-state index is -2.98. The molecule has 0 unspecified atom stereocenters. The Bertz CT molecular complexity index is 615. The molecule has 2 saturated heterocycles. The van der Waals surface area contributed by atoms with Gasteiger partial charge in [0.1, 0.15) is 5.82 Å². The molecular weight excluding hydrogens is 287 g/mol. The van der Waals surface area contributed by atoms with Gasteiger partial charge >= 0.3 is 0 Å². The Morgan fingerprint density at radius 3 is 2.68 bits per heavy atom. The highest BCUT2D eigenvalue weighted by atomic mass is 32.2. The van der Waals surface area contributed by atoms with E-state index in [1.54, 1.807) is 12.1 Å². The zero-order valence-corrected chi connectivity index (χ0v) is 11.7. The average Bonchev–Trinajstić information content (AvgIpc) is 2.75. The summed E-state index contributed by atoms with van der Waals surface area (Å²) in [6, 6.07) is 5.98. The Balaban J connectivity index is 1.80. The molecule has 2 heterocycles. The number of fused-ring (bicyclic) bond motifs is 1. The number of nitrogens with one attached hydrogen (secondary N) is 1. The smallest absolute Gasteiger partial charge is 0.157 e. The van der Waals surface area contributed by atoms with Crippen molar-refractivity contribution in [1.82, 2.24) is 4.90 Å². The molecule has 0 spiro atoms. The predicted molar refractivity (Wildman–Crippen MR) is 73.5 cm³/mol. The van der Waals surface area contributed by atoms with E-state index in [0.29, 0.717) is 11.7 Å². The van der Waals surface area contributed by atoms with Crippen molar-refractivity contribution in [3.8, 4) is 0 Å². The number of thioether (sulfide) groups is 1. The molecule has 0 saturated carbocycles. The maximum Gasteiger partial charge on any atom is 0.157 e. The monoisotopic (exact) mass is 300 g/mol. The Morgan fingerprint density at radius 2 is 2.00 bits per heavy atom. The first-order valence-electron chi connectivity index (χ1n) is 5.91. The fourth-order valence-electron chi connectivity index (χ4n) is 2.54. The van der Waals surface area contributed by atoms with Crippen molar-refractivity contribution in [1.29, 1.82) is 5.41 Å². The zero-order valence-electron chi connectivity index (χ0n) is 10.0. The van der Waals surface area contributed by atoms with Gasteiger partial charge in [-0.25, -0.2) is 12.8 Å². The minimum absolute atomic E-state index is 0.0297. The van der Waals surface area contributed by atoms with E-state index in [4.69, 9.17) is 5.41 Å². The zero-order chi connectivity index (χ0) is 13.6. The summed E-state index contributed by atoms with van der Waals surface area (Å²) in [5.74, 6) is -0.0188. The van der Waals surface area contributed by atoms with E-state index in [1.165, 1.54) is 23.9 Å². The Morgan fingerprint density at radius 1 is 1.32 bits per heavy atom. The van der Waals surface area contributed by atoms with E-state index < -0.39 is 9.84 Å². The van der Waals surface area contributed by atoms with Crippen LogP contribution >= 0.6 is 11.8 Å². The molecule has 4 nitrogen and oxygen atoms in total. The van der Waals surface area contributed by atoms with E-state index in [-0.39, 0.29) is 28.6 Å². The number of nitrogens with zero attached hydrogens (tertiary/aromatic N) is 1. The van der Waals surface area contributed by atoms with Crippen LogP contribution in [-0.2, 0) is 16.4 Å². The van der Waals surface area contributed by atoms with Crippen LogP contribution in [0, 0.1) is 11.2 Å². The number of hydrogen-bond donors (Lipinski definition) is 1. The van der Waals surface area contributed by atoms with Crippen LogP contribution in [-0.4, -0.2) is 41.3 Å². The molecule has 1 aromatic rings. The highest BCUT2D eigenvalue weighted by molar-refractivity contribution is 8.15. The lowest BCUT2D eigenvalue weighted by Crippen LogP contribution is -2.36. The third-order valence-corrected chi connectivity index (χ3v) is 6.63. The minimum Gasteiger partial charge on any atom is -0.342 e. The topological polar surface area (TPSA) is 61.2 Å². The number of sulfone groups is 1. The molecule has 0 aliphatic carbocycles. The average molecular weight is 300 g/mol. The normalized spacial score (nSPS) is 28.7. The van der Waals surface area contributed by atoms with Crippen molar-refractivity contribution in [2.24, 2.45) is 0 Å². The molecule has 0 amide bonds. The van der Waals surface area contributed by atoms with Gasteiger partial charge in [-0.05, 0) is 17.7 Å². The van der Waals surface area contributed by atoms with Gasteiger partial charge in [0.2, 0.25) is 0 Å². The van der Waals surface area contributed by atoms with E-state index in [9.17, 15) is 12.8 Å². The number of halogens is 1. The maximum atomic E-state index is 12.9. The second kappa shape index (κ2) is 4.49. The second-order valence-corrected chi connectivity index (χ2v) is 8.24. The van der Waals surface area contributed by atoms with Gasteiger partial charge in [-0.15, -0.1) is 0 Å². The molecule has 19 heavy (non-hydrogen) atoms. The fraction of sp³-hybridized carbons (Fsp3) is 0.417. The lowest BCUT2D eigenvalue weighted by atomic mass is 10.1. The molecule has 2 aliphatic rings. The number of rotatable bonds is 2. The first-order valence-corrected chi connectivity index (χ1v) is 8.61. The Labute approximate surface area is 115 Å². The highest BCUT2D eigenvalue weighted by Gasteiger charge is 2.47. The number of amidine groups is 1. The van der Waals surface area contributed by atoms with E-state index in [2.05, 4.69) is 0 Å². The summed E-state index contributed by atoms with van der Waals surface area (Å²) in [6.45, 7) is 0.461. The molecule has 2 atom stereocenters. The van der Waals surface area contributed by atoms with Gasteiger partial charge in [-0.2, -0.15) is 0 Å². The number of hydrogen-bond acceptors (Lipinski definition) is 4. The third-order valence-electron chi connectivity index (χ3n) is 3.46. The highest BCUT2D eigenvalue weighted by Crippen LogP contribution is 2.38. The molecule has 0 bridgehead atoms. The van der Waals surface area contributed by atoms with Crippen molar-refractivity contribution in [3.63, 3.8) is 0 Å². The van der Waals surface area contributed by atoms with Crippen molar-refractivity contribution >= 4 is 26.8 Å². The van der Waals surface area contributed by atoms with Crippen molar-refractivity contribution in [3.05, 3.63) is 35.6 Å². The van der Waals surface area contributed by atoms with Crippen LogP contribution in [0.25, 0.3) is 0 Å². The maximum absolute atomic E-state index is 12.9. The van der Waals surface area contributed by atoms with Gasteiger partial charge in [0.25, 0.3) is 0 Å². The van der Waals surface area contributed by atoms with Gasteiger partial charge in [-0.3, -0.25) is 5.41 Å². The summed E-state index contributed by atoms with van der Waals surface area (Å²) < 4.78 is 36.1. The van der Waals surface area contributed by atoms with Crippen molar-refractivity contribution in [2.75, 3.05) is 11.5 Å². The lowest BCUT2D eigenvalue weighted by molar-refractivity contribution is 0.349. The van der Waals surface area contributed by atoms with Gasteiger partial charge in [0, 0.05) is 11.8 Å². The lowest BCUT2D eigenvalue weighted by Gasteiger charge is -2.23. The fourth-order valence-corrected chi connectivity index (χ4v) is 6.37. The summed E-state index contributed by atoms with van der Waals surface area (Å²) >= 11 is 1.32. The van der Waals surface area contributed by atoms with Gasteiger partial charge in [-0.1, -0.05) is 23.9 Å². The quantitative estimate of drug-likeness (QED) is 0.898. The van der Waals surface area contributed by atoms with Crippen LogP contribution in [0.4, 0.5) is 4.39 Å². The molecule has 2 fully saturated rings. The van der Waals surface area contributed by atoms with E-state index in [1.807, 2.05) is 4.90 Å². The van der Waals surface area contributed by atoms with Crippen molar-refractivity contribution < 1.29 is 12.8 Å². The molecule has 102 valence electrons. The third kappa shape index (κ3) is 2.49.